The average molecular weight is 240 g/mol. The van der Waals surface area contributed by atoms with Crippen LogP contribution < -0.4 is 0 Å². The molecule has 0 unspecified atom stereocenters. The number of hydrogen-bond acceptors (Lipinski definition) is 5. The molecular formula is C11H16N2O2S. The van der Waals surface area contributed by atoms with Crippen molar-refractivity contribution >= 4 is 17.7 Å². The number of aryl methyl sites for hydroxylation is 1. The van der Waals surface area contributed by atoms with Crippen molar-refractivity contribution in [2.24, 2.45) is 0 Å². The highest BCUT2D eigenvalue weighted by molar-refractivity contribution is 7.98. The van der Waals surface area contributed by atoms with E-state index in [9.17, 15) is 4.79 Å². The molecule has 1 aromatic heterocycles. The SMILES string of the molecule is CCCc1cc(C(=O)OCC)nc(SC)n1. The van der Waals surface area contributed by atoms with Crippen LogP contribution >= 0.6 is 11.8 Å². The molecular weight excluding hydrogens is 224 g/mol. The largest absolute Gasteiger partial charge is 0.461 e. The summed E-state index contributed by atoms with van der Waals surface area (Å²) in [7, 11) is 0. The molecule has 16 heavy (non-hydrogen) atoms. The number of ether oxygens (including phenoxy) is 1. The monoisotopic (exact) mass is 240 g/mol. The zero-order valence-electron chi connectivity index (χ0n) is 9.82. The zero-order valence-corrected chi connectivity index (χ0v) is 10.6. The Kier molecular flexibility index (Phi) is 5.25. The van der Waals surface area contributed by atoms with Gasteiger partial charge in [-0.1, -0.05) is 25.1 Å². The van der Waals surface area contributed by atoms with E-state index < -0.39 is 0 Å². The van der Waals surface area contributed by atoms with E-state index in [0.29, 0.717) is 17.5 Å². The molecule has 0 spiro atoms. The van der Waals surface area contributed by atoms with E-state index in [1.54, 1.807) is 13.0 Å². The van der Waals surface area contributed by atoms with Gasteiger partial charge in [-0.3, -0.25) is 0 Å². The maximum atomic E-state index is 11.5. The molecule has 5 heteroatoms. The molecule has 0 aliphatic heterocycles. The minimum absolute atomic E-state index is 0.352. The summed E-state index contributed by atoms with van der Waals surface area (Å²) in [4.78, 5) is 20.0. The molecule has 0 bridgehead atoms. The van der Waals surface area contributed by atoms with E-state index in [4.69, 9.17) is 4.74 Å². The van der Waals surface area contributed by atoms with Gasteiger partial charge in [0.05, 0.1) is 6.61 Å². The van der Waals surface area contributed by atoms with Crippen LogP contribution in [-0.2, 0) is 11.2 Å². The normalized spacial score (nSPS) is 10.2. The highest BCUT2D eigenvalue weighted by atomic mass is 32.2. The number of rotatable bonds is 5. The fourth-order valence-corrected chi connectivity index (χ4v) is 1.66. The smallest absolute Gasteiger partial charge is 0.357 e. The standard InChI is InChI=1S/C11H16N2O2S/c1-4-6-8-7-9(10(14)15-5-2)13-11(12-8)16-3/h7H,4-6H2,1-3H3. The van der Waals surface area contributed by atoms with Crippen LogP contribution in [0.1, 0.15) is 36.5 Å². The minimum atomic E-state index is -0.377. The van der Waals surface area contributed by atoms with E-state index in [2.05, 4.69) is 16.9 Å². The Morgan fingerprint density at radius 2 is 2.19 bits per heavy atom. The van der Waals surface area contributed by atoms with Gasteiger partial charge < -0.3 is 4.74 Å². The Bertz CT molecular complexity index is 369. The van der Waals surface area contributed by atoms with Crippen LogP contribution in [-0.4, -0.2) is 28.8 Å². The molecule has 1 heterocycles. The molecule has 88 valence electrons. The van der Waals surface area contributed by atoms with E-state index in [0.717, 1.165) is 18.5 Å². The lowest BCUT2D eigenvalue weighted by atomic mass is 10.2. The van der Waals surface area contributed by atoms with Crippen LogP contribution in [0.4, 0.5) is 0 Å². The first-order valence-electron chi connectivity index (χ1n) is 5.30. The van der Waals surface area contributed by atoms with E-state index in [-0.39, 0.29) is 5.97 Å². The second-order valence-electron chi connectivity index (χ2n) is 3.20. The van der Waals surface area contributed by atoms with Crippen LogP contribution in [0.25, 0.3) is 0 Å². The van der Waals surface area contributed by atoms with Crippen LogP contribution in [0, 0.1) is 0 Å². The summed E-state index contributed by atoms with van der Waals surface area (Å²) in [6.45, 7) is 4.22. The minimum Gasteiger partial charge on any atom is -0.461 e. The molecule has 0 atom stereocenters. The first-order valence-corrected chi connectivity index (χ1v) is 6.52. The summed E-state index contributed by atoms with van der Waals surface area (Å²) >= 11 is 1.43. The third-order valence-electron chi connectivity index (χ3n) is 1.93. The number of nitrogens with zero attached hydrogens (tertiary/aromatic N) is 2. The number of aromatic nitrogens is 2. The lowest BCUT2D eigenvalue weighted by Gasteiger charge is -2.05. The van der Waals surface area contributed by atoms with Gasteiger partial charge in [-0.15, -0.1) is 0 Å². The molecule has 0 radical (unpaired) electrons. The maximum absolute atomic E-state index is 11.5. The Morgan fingerprint density at radius 1 is 1.44 bits per heavy atom. The van der Waals surface area contributed by atoms with Gasteiger partial charge in [-0.2, -0.15) is 0 Å². The Balaban J connectivity index is 2.98. The molecule has 0 amide bonds. The first-order chi connectivity index (χ1) is 7.71. The van der Waals surface area contributed by atoms with Crippen molar-refractivity contribution < 1.29 is 9.53 Å². The molecule has 0 aliphatic carbocycles. The molecule has 0 saturated heterocycles. The Hall–Kier alpha value is -1.10. The lowest BCUT2D eigenvalue weighted by Crippen LogP contribution is -2.09. The van der Waals surface area contributed by atoms with Crippen molar-refractivity contribution in [3.05, 3.63) is 17.5 Å². The number of hydrogen-bond donors (Lipinski definition) is 0. The van der Waals surface area contributed by atoms with Gasteiger partial charge >= 0.3 is 5.97 Å². The van der Waals surface area contributed by atoms with Crippen molar-refractivity contribution in [3.63, 3.8) is 0 Å². The van der Waals surface area contributed by atoms with E-state index in [1.165, 1.54) is 11.8 Å². The molecule has 0 N–H and O–H groups in total. The number of esters is 1. The number of thioether (sulfide) groups is 1. The van der Waals surface area contributed by atoms with Gasteiger partial charge in [0.25, 0.3) is 0 Å². The summed E-state index contributed by atoms with van der Waals surface area (Å²) in [5.41, 5.74) is 1.24. The molecule has 1 rings (SSSR count). The molecule has 0 aliphatic rings. The molecule has 0 aromatic carbocycles. The third-order valence-corrected chi connectivity index (χ3v) is 2.48. The summed E-state index contributed by atoms with van der Waals surface area (Å²) in [5, 5.41) is 0.619. The molecule has 4 nitrogen and oxygen atoms in total. The highest BCUT2D eigenvalue weighted by Crippen LogP contribution is 2.12. The fraction of sp³-hybridized carbons (Fsp3) is 0.545. The summed E-state index contributed by atoms with van der Waals surface area (Å²) in [6.07, 6.45) is 3.73. The number of carbonyl (C=O) groups is 1. The lowest BCUT2D eigenvalue weighted by molar-refractivity contribution is 0.0518. The van der Waals surface area contributed by atoms with Crippen LogP contribution in [0.5, 0.6) is 0 Å². The van der Waals surface area contributed by atoms with Gasteiger partial charge in [-0.25, -0.2) is 14.8 Å². The molecule has 0 fully saturated rings. The third kappa shape index (κ3) is 3.48. The predicted octanol–water partition coefficient (Wildman–Crippen LogP) is 2.33. The van der Waals surface area contributed by atoms with E-state index in [1.807, 2.05) is 6.26 Å². The maximum Gasteiger partial charge on any atom is 0.357 e. The second-order valence-corrected chi connectivity index (χ2v) is 3.98. The predicted molar refractivity (Wildman–Crippen MR) is 63.8 cm³/mol. The average Bonchev–Trinajstić information content (AvgIpc) is 2.29. The summed E-state index contributed by atoms with van der Waals surface area (Å²) < 4.78 is 4.92. The zero-order chi connectivity index (χ0) is 12.0. The first kappa shape index (κ1) is 13.0. The van der Waals surface area contributed by atoms with Gasteiger partial charge in [0.1, 0.15) is 0 Å². The van der Waals surface area contributed by atoms with Gasteiger partial charge in [0.15, 0.2) is 10.9 Å². The Labute approximate surface area is 99.8 Å². The summed E-state index contributed by atoms with van der Waals surface area (Å²) in [5.74, 6) is -0.377. The van der Waals surface area contributed by atoms with Crippen LogP contribution in [0.2, 0.25) is 0 Å². The van der Waals surface area contributed by atoms with Crippen molar-refractivity contribution in [1.29, 1.82) is 0 Å². The van der Waals surface area contributed by atoms with Crippen LogP contribution in [0.15, 0.2) is 11.2 Å². The van der Waals surface area contributed by atoms with Gasteiger partial charge in [0.2, 0.25) is 0 Å². The molecule has 0 saturated carbocycles. The van der Waals surface area contributed by atoms with Crippen molar-refractivity contribution in [1.82, 2.24) is 9.97 Å². The quantitative estimate of drug-likeness (QED) is 0.449. The van der Waals surface area contributed by atoms with Crippen molar-refractivity contribution in [2.75, 3.05) is 12.9 Å². The fourth-order valence-electron chi connectivity index (χ4n) is 1.26. The second kappa shape index (κ2) is 6.48. The highest BCUT2D eigenvalue weighted by Gasteiger charge is 2.11. The van der Waals surface area contributed by atoms with Gasteiger partial charge in [-0.05, 0) is 25.7 Å². The summed E-state index contributed by atoms with van der Waals surface area (Å²) in [6, 6.07) is 1.71. The number of carbonyl (C=O) groups excluding carboxylic acids is 1. The Morgan fingerprint density at radius 3 is 2.75 bits per heavy atom. The molecule has 1 aromatic rings. The van der Waals surface area contributed by atoms with Crippen molar-refractivity contribution in [3.8, 4) is 0 Å². The van der Waals surface area contributed by atoms with Crippen LogP contribution in [0.3, 0.4) is 0 Å². The van der Waals surface area contributed by atoms with Gasteiger partial charge in [0, 0.05) is 5.69 Å². The van der Waals surface area contributed by atoms with Crippen molar-refractivity contribution in [2.45, 2.75) is 31.8 Å². The topological polar surface area (TPSA) is 52.1 Å². The van der Waals surface area contributed by atoms with E-state index >= 15 is 0 Å².